The lowest BCUT2D eigenvalue weighted by atomic mass is 9.95. The molecule has 1 aliphatic rings. The third-order valence-corrected chi connectivity index (χ3v) is 3.55. The van der Waals surface area contributed by atoms with Crippen molar-refractivity contribution in [1.82, 2.24) is 4.98 Å². The second-order valence-corrected chi connectivity index (χ2v) is 5.64. The Hall–Kier alpha value is -0.760. The summed E-state index contributed by atoms with van der Waals surface area (Å²) in [7, 11) is 0. The number of ether oxygens (including phenoxy) is 1. The fourth-order valence-electron chi connectivity index (χ4n) is 2.28. The molecule has 0 aromatic carbocycles. The van der Waals surface area contributed by atoms with Gasteiger partial charge < -0.3 is 4.74 Å². The molecule has 1 aliphatic heterocycles. The molecule has 0 spiro atoms. The number of aromatic nitrogens is 1. The third kappa shape index (κ3) is 2.28. The first-order chi connectivity index (χ1) is 8.02. The zero-order valence-electron chi connectivity index (χ0n) is 11.0. The summed E-state index contributed by atoms with van der Waals surface area (Å²) in [5.41, 5.74) is 3.24. The molecule has 2 rings (SSSR count). The maximum absolute atomic E-state index is 6.49. The predicted molar refractivity (Wildman–Crippen MR) is 71.2 cm³/mol. The van der Waals surface area contributed by atoms with Crippen molar-refractivity contribution in [3.05, 3.63) is 22.0 Å². The summed E-state index contributed by atoms with van der Waals surface area (Å²) in [6, 6.07) is 0. The van der Waals surface area contributed by atoms with E-state index >= 15 is 0 Å². The van der Waals surface area contributed by atoms with E-state index in [2.05, 4.69) is 27.7 Å². The summed E-state index contributed by atoms with van der Waals surface area (Å²) in [6.07, 6.45) is 2.06. The molecular weight excluding hydrogens is 234 g/mol. The molecule has 2 nitrogen and oxygen atoms in total. The fraction of sp³-hybridized carbons (Fsp3) is 0.643. The van der Waals surface area contributed by atoms with E-state index in [4.69, 9.17) is 21.3 Å². The highest BCUT2D eigenvalue weighted by Crippen LogP contribution is 2.40. The van der Waals surface area contributed by atoms with Gasteiger partial charge in [-0.3, -0.25) is 4.98 Å². The first-order valence-corrected chi connectivity index (χ1v) is 6.75. The van der Waals surface area contributed by atoms with Crippen LogP contribution in [-0.4, -0.2) is 11.6 Å². The highest BCUT2D eigenvalue weighted by molar-refractivity contribution is 6.32. The van der Waals surface area contributed by atoms with Crippen molar-refractivity contribution in [2.75, 3.05) is 6.61 Å². The molecule has 0 saturated heterocycles. The number of hydrogen-bond donors (Lipinski definition) is 0. The number of rotatable bonds is 2. The molecule has 0 saturated carbocycles. The Bertz CT molecular complexity index is 427. The van der Waals surface area contributed by atoms with E-state index in [1.165, 1.54) is 0 Å². The lowest BCUT2D eigenvalue weighted by molar-refractivity contribution is 0.280. The number of aryl methyl sites for hydroxylation is 1. The van der Waals surface area contributed by atoms with Crippen molar-refractivity contribution in [1.29, 1.82) is 0 Å². The Kier molecular flexibility index (Phi) is 3.62. The van der Waals surface area contributed by atoms with Crippen LogP contribution >= 0.6 is 11.6 Å². The molecule has 0 radical (unpaired) electrons. The minimum absolute atomic E-state index is 0.354. The third-order valence-electron chi connectivity index (χ3n) is 3.15. The van der Waals surface area contributed by atoms with E-state index in [-0.39, 0.29) is 0 Å². The van der Waals surface area contributed by atoms with Gasteiger partial charge in [0.25, 0.3) is 0 Å². The van der Waals surface area contributed by atoms with Gasteiger partial charge in [-0.05, 0) is 24.7 Å². The molecule has 0 aliphatic carbocycles. The molecule has 2 heterocycles. The number of halogens is 1. The van der Waals surface area contributed by atoms with Crippen LogP contribution in [-0.2, 0) is 6.42 Å². The number of pyridine rings is 1. The van der Waals surface area contributed by atoms with Crippen LogP contribution in [0.25, 0.3) is 0 Å². The van der Waals surface area contributed by atoms with Crippen molar-refractivity contribution in [2.45, 2.75) is 52.4 Å². The molecule has 94 valence electrons. The van der Waals surface area contributed by atoms with Crippen molar-refractivity contribution >= 4 is 11.6 Å². The van der Waals surface area contributed by atoms with Crippen molar-refractivity contribution in [3.63, 3.8) is 0 Å². The van der Waals surface area contributed by atoms with E-state index in [1.807, 2.05) is 0 Å². The zero-order chi connectivity index (χ0) is 12.6. The molecule has 0 amide bonds. The highest BCUT2D eigenvalue weighted by Gasteiger charge is 2.24. The van der Waals surface area contributed by atoms with Gasteiger partial charge in [-0.2, -0.15) is 0 Å². The summed E-state index contributed by atoms with van der Waals surface area (Å²) in [5, 5.41) is 0.802. The van der Waals surface area contributed by atoms with Crippen molar-refractivity contribution < 1.29 is 4.74 Å². The zero-order valence-corrected chi connectivity index (χ0v) is 11.8. The molecule has 1 aromatic rings. The van der Waals surface area contributed by atoms with Gasteiger partial charge in [0.2, 0.25) is 0 Å². The predicted octanol–water partition coefficient (Wildman–Crippen LogP) is 4.31. The van der Waals surface area contributed by atoms with Gasteiger partial charge in [0.05, 0.1) is 23.0 Å². The maximum atomic E-state index is 6.49. The van der Waals surface area contributed by atoms with Crippen molar-refractivity contribution in [3.8, 4) is 5.75 Å². The number of nitrogens with zero attached hydrogens (tertiary/aromatic N) is 1. The average molecular weight is 254 g/mol. The van der Waals surface area contributed by atoms with Crippen LogP contribution < -0.4 is 4.74 Å². The summed E-state index contributed by atoms with van der Waals surface area (Å²) >= 11 is 6.49. The molecular formula is C14H20ClNO. The Balaban J connectivity index is 2.64. The van der Waals surface area contributed by atoms with Gasteiger partial charge in [0.15, 0.2) is 0 Å². The molecule has 3 heteroatoms. The van der Waals surface area contributed by atoms with E-state index in [1.54, 1.807) is 0 Å². The standard InChI is InChI=1S/C14H20ClNO/c1-8(2)11-12(15)13(9(3)4)16-10-6-5-7-17-14(10)11/h8-9H,5-7H2,1-4H3. The maximum Gasteiger partial charge on any atom is 0.145 e. The van der Waals surface area contributed by atoms with Gasteiger partial charge in [-0.15, -0.1) is 0 Å². The van der Waals surface area contributed by atoms with Crippen LogP contribution in [0.2, 0.25) is 5.02 Å². The van der Waals surface area contributed by atoms with Crippen LogP contribution in [0.15, 0.2) is 0 Å². The largest absolute Gasteiger partial charge is 0.491 e. The van der Waals surface area contributed by atoms with Crippen LogP contribution in [0.3, 0.4) is 0 Å². The smallest absolute Gasteiger partial charge is 0.145 e. The molecule has 17 heavy (non-hydrogen) atoms. The second kappa shape index (κ2) is 4.85. The molecule has 0 unspecified atom stereocenters. The molecule has 0 bridgehead atoms. The number of fused-ring (bicyclic) bond motifs is 1. The number of hydrogen-bond acceptors (Lipinski definition) is 2. The van der Waals surface area contributed by atoms with Gasteiger partial charge in [0.1, 0.15) is 5.75 Å². The van der Waals surface area contributed by atoms with Gasteiger partial charge in [-0.1, -0.05) is 39.3 Å². The van der Waals surface area contributed by atoms with E-state index < -0.39 is 0 Å². The average Bonchev–Trinajstić information content (AvgIpc) is 2.27. The fourth-order valence-corrected chi connectivity index (χ4v) is 2.85. The summed E-state index contributed by atoms with van der Waals surface area (Å²) < 4.78 is 5.78. The van der Waals surface area contributed by atoms with Crippen LogP contribution in [0.5, 0.6) is 5.75 Å². The van der Waals surface area contributed by atoms with E-state index in [0.717, 1.165) is 47.2 Å². The highest BCUT2D eigenvalue weighted by atomic mass is 35.5. The topological polar surface area (TPSA) is 22.1 Å². The Labute approximate surface area is 108 Å². The van der Waals surface area contributed by atoms with Crippen molar-refractivity contribution in [2.24, 2.45) is 0 Å². The minimum Gasteiger partial charge on any atom is -0.491 e. The van der Waals surface area contributed by atoms with E-state index in [9.17, 15) is 0 Å². The SMILES string of the molecule is CC(C)c1nc2c(c(C(C)C)c1Cl)OCCC2. The molecule has 0 N–H and O–H groups in total. The minimum atomic E-state index is 0.354. The normalized spacial score (nSPS) is 15.0. The van der Waals surface area contributed by atoms with Crippen LogP contribution in [0.4, 0.5) is 0 Å². The molecule has 0 atom stereocenters. The Morgan fingerprint density at radius 2 is 1.88 bits per heavy atom. The monoisotopic (exact) mass is 253 g/mol. The second-order valence-electron chi connectivity index (χ2n) is 5.26. The molecule has 0 fully saturated rings. The lowest BCUT2D eigenvalue weighted by Gasteiger charge is -2.25. The van der Waals surface area contributed by atoms with Gasteiger partial charge in [0, 0.05) is 5.56 Å². The van der Waals surface area contributed by atoms with Crippen LogP contribution in [0, 0.1) is 0 Å². The summed E-state index contributed by atoms with van der Waals surface area (Å²) in [6.45, 7) is 9.36. The first kappa shape index (κ1) is 12.7. The first-order valence-electron chi connectivity index (χ1n) is 6.37. The van der Waals surface area contributed by atoms with E-state index in [0.29, 0.717) is 11.8 Å². The van der Waals surface area contributed by atoms with Crippen LogP contribution in [0.1, 0.15) is 62.9 Å². The lowest BCUT2D eigenvalue weighted by Crippen LogP contribution is -2.15. The summed E-state index contributed by atoms with van der Waals surface area (Å²) in [5.74, 6) is 1.67. The summed E-state index contributed by atoms with van der Waals surface area (Å²) in [4.78, 5) is 4.70. The quantitative estimate of drug-likeness (QED) is 0.784. The Morgan fingerprint density at radius 1 is 1.18 bits per heavy atom. The Morgan fingerprint density at radius 3 is 2.47 bits per heavy atom. The molecule has 1 aromatic heterocycles. The van der Waals surface area contributed by atoms with Gasteiger partial charge in [-0.25, -0.2) is 0 Å². The van der Waals surface area contributed by atoms with Gasteiger partial charge >= 0.3 is 0 Å².